The molecule has 6 heterocycles. The van der Waals surface area contributed by atoms with Crippen LogP contribution in [-0.2, 0) is 0 Å². The van der Waals surface area contributed by atoms with Crippen LogP contribution >= 0.6 is 0 Å². The zero-order valence-electron chi connectivity index (χ0n) is 20.0. The first kappa shape index (κ1) is 22.4. The van der Waals surface area contributed by atoms with E-state index in [0.29, 0.717) is 22.6 Å². The average Bonchev–Trinajstić information content (AvgIpc) is 3.33. The molecule has 0 radical (unpaired) electrons. The summed E-state index contributed by atoms with van der Waals surface area (Å²) in [5, 5.41) is 16.7. The summed E-state index contributed by atoms with van der Waals surface area (Å²) >= 11 is 0. The minimum atomic E-state index is -0.201. The third kappa shape index (κ3) is 4.50. The SMILES string of the molecule is O=C1CC=Nc2nc(N3CCC4(CCNC4)CC3)cc(Nc3ccc(N4CCC(O)CC4)cn3)c21. The van der Waals surface area contributed by atoms with Crippen LogP contribution < -0.4 is 20.4 Å². The molecule has 0 unspecified atom stereocenters. The van der Waals surface area contributed by atoms with Gasteiger partial charge in [-0.2, -0.15) is 0 Å². The normalized spacial score (nSPS) is 22.0. The molecule has 2 aromatic heterocycles. The average molecular weight is 476 g/mol. The number of rotatable bonds is 4. The molecule has 3 fully saturated rings. The van der Waals surface area contributed by atoms with Gasteiger partial charge in [-0.3, -0.25) is 4.79 Å². The maximum Gasteiger partial charge on any atom is 0.174 e. The zero-order chi connectivity index (χ0) is 23.8. The Hall–Kier alpha value is -3.04. The number of aliphatic imine (C=N–C) groups is 1. The van der Waals surface area contributed by atoms with Crippen molar-refractivity contribution in [3.63, 3.8) is 0 Å². The van der Waals surface area contributed by atoms with Crippen molar-refractivity contribution in [3.8, 4) is 0 Å². The van der Waals surface area contributed by atoms with E-state index in [9.17, 15) is 9.90 Å². The molecule has 3 saturated heterocycles. The molecule has 0 atom stereocenters. The Morgan fingerprint density at radius 1 is 1.09 bits per heavy atom. The van der Waals surface area contributed by atoms with Crippen LogP contribution in [0.5, 0.6) is 0 Å². The summed E-state index contributed by atoms with van der Waals surface area (Å²) in [6.07, 6.45) is 8.72. The first-order valence-corrected chi connectivity index (χ1v) is 12.8. The van der Waals surface area contributed by atoms with E-state index < -0.39 is 0 Å². The van der Waals surface area contributed by atoms with E-state index in [-0.39, 0.29) is 18.3 Å². The predicted octanol–water partition coefficient (Wildman–Crippen LogP) is 3.05. The van der Waals surface area contributed by atoms with Gasteiger partial charge in [0.1, 0.15) is 11.6 Å². The van der Waals surface area contributed by atoms with Crippen LogP contribution in [0.25, 0.3) is 0 Å². The lowest BCUT2D eigenvalue weighted by Crippen LogP contribution is -2.41. The van der Waals surface area contributed by atoms with E-state index in [2.05, 4.69) is 30.4 Å². The Morgan fingerprint density at radius 2 is 1.91 bits per heavy atom. The van der Waals surface area contributed by atoms with E-state index in [1.165, 1.54) is 6.42 Å². The van der Waals surface area contributed by atoms with Gasteiger partial charge in [-0.05, 0) is 56.2 Å². The molecule has 0 aromatic carbocycles. The van der Waals surface area contributed by atoms with E-state index >= 15 is 0 Å². The van der Waals surface area contributed by atoms with Crippen molar-refractivity contribution in [1.82, 2.24) is 15.3 Å². The maximum absolute atomic E-state index is 12.8. The third-order valence-corrected chi connectivity index (χ3v) is 8.08. The number of carbonyl (C=O) groups is 1. The van der Waals surface area contributed by atoms with Gasteiger partial charge in [-0.1, -0.05) is 0 Å². The zero-order valence-corrected chi connectivity index (χ0v) is 20.0. The van der Waals surface area contributed by atoms with Crippen LogP contribution in [0, 0.1) is 5.41 Å². The minimum absolute atomic E-state index is 0.0228. The number of pyridine rings is 2. The van der Waals surface area contributed by atoms with Gasteiger partial charge in [-0.15, -0.1) is 0 Å². The molecule has 35 heavy (non-hydrogen) atoms. The van der Waals surface area contributed by atoms with Crippen molar-refractivity contribution in [3.05, 3.63) is 30.0 Å². The lowest BCUT2D eigenvalue weighted by Gasteiger charge is -2.39. The van der Waals surface area contributed by atoms with Crippen molar-refractivity contribution < 1.29 is 9.90 Å². The Balaban J connectivity index is 1.24. The Kier molecular flexibility index (Phi) is 5.89. The number of aliphatic hydroxyl groups is 1. The number of anilines is 4. The molecule has 0 amide bonds. The number of piperidine rings is 2. The number of nitrogens with zero attached hydrogens (tertiary/aromatic N) is 5. The monoisotopic (exact) mass is 475 g/mol. The van der Waals surface area contributed by atoms with Gasteiger partial charge in [0, 0.05) is 51.4 Å². The second-order valence-corrected chi connectivity index (χ2v) is 10.3. The molecular formula is C26H33N7O2. The van der Waals surface area contributed by atoms with Crippen LogP contribution in [0.2, 0.25) is 0 Å². The number of hydrogen-bond donors (Lipinski definition) is 3. The molecule has 9 nitrogen and oxygen atoms in total. The van der Waals surface area contributed by atoms with Gasteiger partial charge in [0.25, 0.3) is 0 Å². The van der Waals surface area contributed by atoms with Gasteiger partial charge in [-0.25, -0.2) is 15.0 Å². The Morgan fingerprint density at radius 3 is 2.63 bits per heavy atom. The molecule has 4 aliphatic rings. The summed E-state index contributed by atoms with van der Waals surface area (Å²) in [6, 6.07) is 5.98. The highest BCUT2D eigenvalue weighted by Gasteiger charge is 2.37. The second kappa shape index (κ2) is 9.20. The first-order valence-electron chi connectivity index (χ1n) is 12.8. The van der Waals surface area contributed by atoms with Crippen LogP contribution in [0.1, 0.15) is 48.9 Å². The molecule has 0 bridgehead atoms. The molecule has 0 saturated carbocycles. The summed E-state index contributed by atoms with van der Waals surface area (Å²) in [7, 11) is 0. The van der Waals surface area contributed by atoms with Gasteiger partial charge < -0.3 is 25.5 Å². The minimum Gasteiger partial charge on any atom is -0.393 e. The number of carbonyl (C=O) groups excluding carboxylic acids is 1. The van der Waals surface area contributed by atoms with Crippen molar-refractivity contribution in [2.24, 2.45) is 10.4 Å². The Labute approximate surface area is 205 Å². The molecular weight excluding hydrogens is 442 g/mol. The number of hydrogen-bond acceptors (Lipinski definition) is 9. The number of fused-ring (bicyclic) bond motifs is 1. The first-order chi connectivity index (χ1) is 17.1. The number of ketones is 1. The topological polar surface area (TPSA) is 106 Å². The quantitative estimate of drug-likeness (QED) is 0.620. The van der Waals surface area contributed by atoms with Crippen molar-refractivity contribution >= 4 is 40.8 Å². The number of aliphatic hydroxyl groups excluding tert-OH is 1. The van der Waals surface area contributed by atoms with Crippen LogP contribution in [-0.4, -0.2) is 72.4 Å². The smallest absolute Gasteiger partial charge is 0.174 e. The van der Waals surface area contributed by atoms with E-state index in [1.54, 1.807) is 6.21 Å². The highest BCUT2D eigenvalue weighted by Crippen LogP contribution is 2.40. The third-order valence-electron chi connectivity index (χ3n) is 8.08. The molecule has 1 spiro atoms. The van der Waals surface area contributed by atoms with Crippen molar-refractivity contribution in [2.45, 2.75) is 44.6 Å². The van der Waals surface area contributed by atoms with Crippen molar-refractivity contribution in [1.29, 1.82) is 0 Å². The Bertz CT molecular complexity index is 1110. The molecule has 6 rings (SSSR count). The lowest BCUT2D eigenvalue weighted by molar-refractivity contribution is 0.100. The maximum atomic E-state index is 12.8. The molecule has 2 aromatic rings. The van der Waals surface area contributed by atoms with Crippen molar-refractivity contribution in [2.75, 3.05) is 54.4 Å². The summed E-state index contributed by atoms with van der Waals surface area (Å²) in [6.45, 7) is 5.81. The van der Waals surface area contributed by atoms with Gasteiger partial charge >= 0.3 is 0 Å². The van der Waals surface area contributed by atoms with Crippen LogP contribution in [0.4, 0.5) is 28.8 Å². The number of Topliss-reactive ketones (excluding diaryl/α,β-unsaturated/α-hetero) is 1. The van der Waals surface area contributed by atoms with E-state index in [4.69, 9.17) is 4.98 Å². The summed E-state index contributed by atoms with van der Waals surface area (Å²) in [5.74, 6) is 2.06. The van der Waals surface area contributed by atoms with E-state index in [0.717, 1.165) is 82.1 Å². The fraction of sp³-hybridized carbons (Fsp3) is 0.538. The molecule has 184 valence electrons. The van der Waals surface area contributed by atoms with Crippen LogP contribution in [0.15, 0.2) is 29.4 Å². The van der Waals surface area contributed by atoms with Crippen LogP contribution in [0.3, 0.4) is 0 Å². The van der Waals surface area contributed by atoms with Gasteiger partial charge in [0.2, 0.25) is 0 Å². The highest BCUT2D eigenvalue weighted by molar-refractivity contribution is 6.13. The molecule has 3 N–H and O–H groups in total. The van der Waals surface area contributed by atoms with Gasteiger partial charge in [0.15, 0.2) is 11.6 Å². The number of aromatic nitrogens is 2. The highest BCUT2D eigenvalue weighted by atomic mass is 16.3. The number of nitrogens with one attached hydrogen (secondary N) is 2. The van der Waals surface area contributed by atoms with Gasteiger partial charge in [0.05, 0.1) is 29.2 Å². The fourth-order valence-corrected chi connectivity index (χ4v) is 5.81. The summed E-state index contributed by atoms with van der Waals surface area (Å²) in [5.41, 5.74) is 2.73. The fourth-order valence-electron chi connectivity index (χ4n) is 5.81. The molecule has 9 heteroatoms. The largest absolute Gasteiger partial charge is 0.393 e. The summed E-state index contributed by atoms with van der Waals surface area (Å²) in [4.78, 5) is 31.3. The summed E-state index contributed by atoms with van der Waals surface area (Å²) < 4.78 is 0. The molecule has 0 aliphatic carbocycles. The predicted molar refractivity (Wildman–Crippen MR) is 138 cm³/mol. The second-order valence-electron chi connectivity index (χ2n) is 10.3. The molecule has 4 aliphatic heterocycles. The van der Waals surface area contributed by atoms with E-state index in [1.807, 2.05) is 24.4 Å². The standard InChI is InChI=1S/C26H33N7O2/c34-19-4-11-32(12-5-19)18-1-2-22(29-16-18)30-20-15-23(31-25-24(20)21(35)3-9-28-25)33-13-7-26(8-14-33)6-10-27-17-26/h1-2,9,15-16,19,27,34H,3-8,10-14,17H2,(H,29,30,31). The lowest BCUT2D eigenvalue weighted by atomic mass is 9.78.